The lowest BCUT2D eigenvalue weighted by atomic mass is 9.44. The number of ketones is 1. The summed E-state index contributed by atoms with van der Waals surface area (Å²) in [4.78, 5) is 12.4. The summed E-state index contributed by atoms with van der Waals surface area (Å²) in [5, 5.41) is 11.0. The van der Waals surface area contributed by atoms with E-state index >= 15 is 0 Å². The van der Waals surface area contributed by atoms with Crippen molar-refractivity contribution in [3.05, 3.63) is 0 Å². The smallest absolute Gasteiger partial charge is 0.139 e. The minimum atomic E-state index is -0.295. The van der Waals surface area contributed by atoms with Crippen LogP contribution in [0.1, 0.15) is 58.8 Å². The van der Waals surface area contributed by atoms with E-state index in [1.165, 1.54) is 25.7 Å². The van der Waals surface area contributed by atoms with Gasteiger partial charge in [0.2, 0.25) is 0 Å². The molecule has 9 unspecified atom stereocenters. The fourth-order valence-corrected chi connectivity index (χ4v) is 7.49. The lowest BCUT2D eigenvalue weighted by Gasteiger charge is -2.60. The third kappa shape index (κ3) is 1.53. The van der Waals surface area contributed by atoms with Gasteiger partial charge < -0.3 is 9.84 Å². The minimum Gasteiger partial charge on any atom is -0.393 e. The minimum absolute atomic E-state index is 0.229. The molecule has 1 saturated heterocycles. The average molecular weight is 304 g/mol. The lowest BCUT2D eigenvalue weighted by molar-refractivity contribution is -0.167. The van der Waals surface area contributed by atoms with Gasteiger partial charge in [-0.2, -0.15) is 0 Å². The van der Waals surface area contributed by atoms with Crippen molar-refractivity contribution >= 4 is 5.78 Å². The number of hydrogen-bond acceptors (Lipinski definition) is 3. The maximum Gasteiger partial charge on any atom is 0.139 e. The highest BCUT2D eigenvalue weighted by atomic mass is 16.6. The number of aliphatic hydroxyl groups excluding tert-OH is 1. The molecule has 0 amide bonds. The van der Waals surface area contributed by atoms with Crippen molar-refractivity contribution in [2.24, 2.45) is 34.5 Å². The molecule has 1 N–H and O–H groups in total. The second-order valence-corrected chi connectivity index (χ2v) is 9.31. The molecule has 122 valence electrons. The summed E-state index contributed by atoms with van der Waals surface area (Å²) >= 11 is 0. The van der Waals surface area contributed by atoms with Crippen LogP contribution in [0.4, 0.5) is 0 Å². The molecule has 1 aliphatic heterocycles. The van der Waals surface area contributed by atoms with Crippen LogP contribution in [0.15, 0.2) is 0 Å². The molecule has 4 aliphatic carbocycles. The molecule has 0 bridgehead atoms. The first-order valence-electron chi connectivity index (χ1n) is 9.32. The van der Waals surface area contributed by atoms with Crippen LogP contribution < -0.4 is 0 Å². The first-order chi connectivity index (χ1) is 10.4. The average Bonchev–Trinajstić information content (AvgIpc) is 3.18. The molecule has 1 heterocycles. The molecule has 3 nitrogen and oxygen atoms in total. The highest BCUT2D eigenvalue weighted by molar-refractivity contribution is 5.87. The molecule has 4 saturated carbocycles. The van der Waals surface area contributed by atoms with Crippen molar-refractivity contribution in [3.8, 4) is 0 Å². The van der Waals surface area contributed by atoms with E-state index in [4.69, 9.17) is 4.74 Å². The fraction of sp³-hybridized carbons (Fsp3) is 0.947. The Labute approximate surface area is 132 Å². The molecule has 5 fully saturated rings. The number of fused-ring (bicyclic) bond motifs is 7. The van der Waals surface area contributed by atoms with Crippen molar-refractivity contribution in [1.82, 2.24) is 0 Å². The van der Waals surface area contributed by atoms with Crippen LogP contribution in [0.25, 0.3) is 0 Å². The van der Waals surface area contributed by atoms with E-state index in [0.717, 1.165) is 12.8 Å². The quantitative estimate of drug-likeness (QED) is 0.700. The summed E-state index contributed by atoms with van der Waals surface area (Å²) in [6.07, 6.45) is 8.03. The molecule has 0 aromatic carbocycles. The number of hydrogen-bond donors (Lipinski definition) is 1. The highest BCUT2D eigenvalue weighted by Gasteiger charge is 2.67. The van der Waals surface area contributed by atoms with E-state index in [1.807, 2.05) is 0 Å². The second kappa shape index (κ2) is 4.16. The zero-order chi connectivity index (χ0) is 15.3. The van der Waals surface area contributed by atoms with Gasteiger partial charge >= 0.3 is 0 Å². The number of rotatable bonds is 0. The van der Waals surface area contributed by atoms with Crippen LogP contribution in [0.5, 0.6) is 0 Å². The second-order valence-electron chi connectivity index (χ2n) is 9.31. The van der Waals surface area contributed by atoms with Crippen molar-refractivity contribution in [1.29, 1.82) is 0 Å². The van der Waals surface area contributed by atoms with Gasteiger partial charge in [-0.3, -0.25) is 4.79 Å². The summed E-state index contributed by atoms with van der Waals surface area (Å²) < 4.78 is 5.92. The van der Waals surface area contributed by atoms with E-state index in [9.17, 15) is 9.90 Å². The number of carbonyl (C=O) groups excluding carboxylic acids is 1. The standard InChI is InChI=1S/C19H28O3/c1-18-8-7-14-17(22-14)12(18)4-3-10-11-5-6-15(21)19(11,2)9-13(20)16(10)18/h10-14,16-17,20H,3-9H2,1-2H3. The van der Waals surface area contributed by atoms with Crippen molar-refractivity contribution in [2.45, 2.75) is 77.1 Å². The summed E-state index contributed by atoms with van der Waals surface area (Å²) in [7, 11) is 0. The highest BCUT2D eigenvalue weighted by Crippen LogP contribution is 2.67. The summed E-state index contributed by atoms with van der Waals surface area (Å²) in [5.41, 5.74) is -0.00989. The normalized spacial score (nSPS) is 62.7. The first kappa shape index (κ1) is 14.0. The summed E-state index contributed by atoms with van der Waals surface area (Å²) in [6, 6.07) is 0. The molecule has 3 heteroatoms. The van der Waals surface area contributed by atoms with Crippen LogP contribution in [0, 0.1) is 34.5 Å². The predicted octanol–water partition coefficient (Wildman–Crippen LogP) is 2.95. The molecule has 0 aromatic rings. The zero-order valence-electron chi connectivity index (χ0n) is 13.8. The molecule has 0 spiro atoms. The largest absolute Gasteiger partial charge is 0.393 e. The van der Waals surface area contributed by atoms with Gasteiger partial charge in [0.25, 0.3) is 0 Å². The Bertz CT molecular complexity index is 531. The number of carbonyl (C=O) groups is 1. The van der Waals surface area contributed by atoms with Crippen LogP contribution in [0.2, 0.25) is 0 Å². The first-order valence-corrected chi connectivity index (χ1v) is 9.32. The monoisotopic (exact) mass is 304 g/mol. The molecular formula is C19H28O3. The van der Waals surface area contributed by atoms with Crippen LogP contribution >= 0.6 is 0 Å². The van der Waals surface area contributed by atoms with Gasteiger partial charge in [-0.05, 0) is 67.6 Å². The van der Waals surface area contributed by atoms with Crippen molar-refractivity contribution in [2.75, 3.05) is 0 Å². The Morgan fingerprint density at radius 3 is 2.77 bits per heavy atom. The Hall–Kier alpha value is -0.410. The lowest BCUT2D eigenvalue weighted by Crippen LogP contribution is -2.59. The topological polar surface area (TPSA) is 49.8 Å². The molecule has 9 atom stereocenters. The summed E-state index contributed by atoms with van der Waals surface area (Å²) in [5.74, 6) is 2.52. The Morgan fingerprint density at radius 2 is 1.95 bits per heavy atom. The van der Waals surface area contributed by atoms with Gasteiger partial charge in [0.15, 0.2) is 0 Å². The zero-order valence-corrected chi connectivity index (χ0v) is 13.8. The fourth-order valence-electron chi connectivity index (χ4n) is 7.49. The maximum atomic E-state index is 12.4. The van der Waals surface area contributed by atoms with Gasteiger partial charge in [0.05, 0.1) is 18.3 Å². The van der Waals surface area contributed by atoms with E-state index in [-0.39, 0.29) is 16.9 Å². The van der Waals surface area contributed by atoms with Gasteiger partial charge in [0, 0.05) is 11.8 Å². The third-order valence-corrected chi connectivity index (χ3v) is 8.57. The molecule has 5 rings (SSSR count). The number of aliphatic hydroxyl groups is 1. The van der Waals surface area contributed by atoms with E-state index in [0.29, 0.717) is 48.1 Å². The summed E-state index contributed by atoms with van der Waals surface area (Å²) in [6.45, 7) is 4.57. The molecule has 5 aliphatic rings. The molecule has 22 heavy (non-hydrogen) atoms. The Balaban J connectivity index is 1.53. The number of ether oxygens (including phenoxy) is 1. The predicted molar refractivity (Wildman–Crippen MR) is 82.2 cm³/mol. The Kier molecular flexibility index (Phi) is 2.64. The van der Waals surface area contributed by atoms with Gasteiger partial charge in [-0.25, -0.2) is 0 Å². The van der Waals surface area contributed by atoms with E-state index in [1.54, 1.807) is 0 Å². The van der Waals surface area contributed by atoms with Crippen molar-refractivity contribution in [3.63, 3.8) is 0 Å². The van der Waals surface area contributed by atoms with Crippen LogP contribution in [-0.2, 0) is 9.53 Å². The molecule has 0 aromatic heterocycles. The Morgan fingerprint density at radius 1 is 1.14 bits per heavy atom. The molecular weight excluding hydrogens is 276 g/mol. The van der Waals surface area contributed by atoms with Crippen molar-refractivity contribution < 1.29 is 14.6 Å². The van der Waals surface area contributed by atoms with Gasteiger partial charge in [0.1, 0.15) is 5.78 Å². The van der Waals surface area contributed by atoms with E-state index < -0.39 is 0 Å². The number of epoxide rings is 1. The molecule has 0 radical (unpaired) electrons. The third-order valence-electron chi connectivity index (χ3n) is 8.57. The number of Topliss-reactive ketones (excluding diaryl/α,β-unsaturated/α-hetero) is 1. The van der Waals surface area contributed by atoms with Crippen LogP contribution in [-0.4, -0.2) is 29.2 Å². The van der Waals surface area contributed by atoms with Gasteiger partial charge in [-0.1, -0.05) is 13.8 Å². The maximum absolute atomic E-state index is 12.4. The van der Waals surface area contributed by atoms with E-state index in [2.05, 4.69) is 13.8 Å². The van der Waals surface area contributed by atoms with Gasteiger partial charge in [-0.15, -0.1) is 0 Å². The SMILES string of the molecule is CC12CC(O)C3C(CCC4C5OC5CCC43C)C1CCC2=O. The van der Waals surface area contributed by atoms with Crippen LogP contribution in [0.3, 0.4) is 0 Å².